The van der Waals surface area contributed by atoms with Crippen LogP contribution in [0.5, 0.6) is 0 Å². The number of anilines is 1. The van der Waals surface area contributed by atoms with Crippen LogP contribution in [-0.4, -0.2) is 25.5 Å². The molecule has 5 rings (SSSR count). The topological polar surface area (TPSA) is 122 Å². The summed E-state index contributed by atoms with van der Waals surface area (Å²) in [5.74, 6) is 4.26. The number of aliphatic hydroxyl groups is 1. The van der Waals surface area contributed by atoms with E-state index in [1.807, 2.05) is 0 Å². The van der Waals surface area contributed by atoms with Crippen LogP contribution < -0.4 is 16.0 Å². The third-order valence-corrected chi connectivity index (χ3v) is 12.7. The molecule has 38 heavy (non-hydrogen) atoms. The van der Waals surface area contributed by atoms with Gasteiger partial charge in [0, 0.05) is 6.42 Å². The van der Waals surface area contributed by atoms with Crippen LogP contribution in [0, 0.1) is 46.3 Å². The zero-order valence-corrected chi connectivity index (χ0v) is 24.1. The first-order valence-electron chi connectivity index (χ1n) is 14.8. The number of hydrogen-bond donors (Lipinski definition) is 4. The molecular formula is C30H47N3O4S. The summed E-state index contributed by atoms with van der Waals surface area (Å²) in [6.07, 6.45) is 12.3. The van der Waals surface area contributed by atoms with Gasteiger partial charge in [0.05, 0.1) is 16.7 Å². The Labute approximate surface area is 228 Å². The van der Waals surface area contributed by atoms with Gasteiger partial charge in [-0.25, -0.2) is 13.6 Å². The number of nitrogens with two attached hydrogens (primary N) is 1. The van der Waals surface area contributed by atoms with Crippen molar-refractivity contribution in [2.75, 3.05) is 5.43 Å². The number of rotatable bonds is 7. The lowest BCUT2D eigenvalue weighted by molar-refractivity contribution is -0.129. The maximum atomic E-state index is 12.6. The fraction of sp³-hybridized carbons (Fsp3) is 0.767. The van der Waals surface area contributed by atoms with E-state index in [1.165, 1.54) is 57.1 Å². The number of nitrogens with one attached hydrogen (secondary N) is 2. The molecule has 0 radical (unpaired) electrons. The Bertz CT molecular complexity index is 1120. The van der Waals surface area contributed by atoms with Gasteiger partial charge in [0.15, 0.2) is 0 Å². The molecule has 5 N–H and O–H groups in total. The van der Waals surface area contributed by atoms with Crippen molar-refractivity contribution in [3.05, 3.63) is 24.3 Å². The van der Waals surface area contributed by atoms with Crippen LogP contribution in [0.15, 0.2) is 29.2 Å². The molecule has 212 valence electrons. The molecule has 4 aliphatic rings. The van der Waals surface area contributed by atoms with Crippen molar-refractivity contribution in [1.82, 2.24) is 5.43 Å². The second-order valence-electron chi connectivity index (χ2n) is 13.6. The number of hydrazine groups is 1. The highest BCUT2D eigenvalue weighted by atomic mass is 32.2. The summed E-state index contributed by atoms with van der Waals surface area (Å²) in [4.78, 5) is 12.6. The molecule has 0 saturated heterocycles. The first-order valence-corrected chi connectivity index (χ1v) is 16.3. The third-order valence-electron chi connectivity index (χ3n) is 11.8. The lowest BCUT2D eigenvalue weighted by Gasteiger charge is -2.61. The molecule has 4 saturated carbocycles. The number of amides is 1. The van der Waals surface area contributed by atoms with Crippen molar-refractivity contribution < 1.29 is 18.3 Å². The molecule has 7 nitrogen and oxygen atoms in total. The summed E-state index contributed by atoms with van der Waals surface area (Å²) in [5, 5.41) is 15.4. The SMILES string of the molecule is C[C@H](CCC(=O)NNc1ccc(S(N)(=O)=O)cc1)[C@H]1CC[C@H]2[C@@H]3CC[C@@H]4C[C@H](O)CC[C@]4(C)[C@H]3CC[C@]12C. The van der Waals surface area contributed by atoms with Crippen LogP contribution in [0.25, 0.3) is 0 Å². The average Bonchev–Trinajstić information content (AvgIpc) is 3.23. The molecule has 0 heterocycles. The molecule has 0 aliphatic heterocycles. The predicted octanol–water partition coefficient (Wildman–Crippen LogP) is 5.21. The van der Waals surface area contributed by atoms with E-state index in [0.29, 0.717) is 40.7 Å². The summed E-state index contributed by atoms with van der Waals surface area (Å²) in [5.41, 5.74) is 7.03. The zero-order chi connectivity index (χ0) is 27.3. The molecule has 1 aromatic carbocycles. The number of hydrogen-bond acceptors (Lipinski definition) is 5. The van der Waals surface area contributed by atoms with Crippen LogP contribution in [0.4, 0.5) is 5.69 Å². The number of fused-ring (bicyclic) bond motifs is 5. The van der Waals surface area contributed by atoms with Gasteiger partial charge < -0.3 is 5.11 Å². The Hall–Kier alpha value is -1.64. The number of primary sulfonamides is 1. The van der Waals surface area contributed by atoms with Gasteiger partial charge in [-0.15, -0.1) is 0 Å². The second-order valence-corrected chi connectivity index (χ2v) is 15.1. The number of carbonyl (C=O) groups excluding carboxylic acids is 1. The van der Waals surface area contributed by atoms with Crippen LogP contribution in [0.3, 0.4) is 0 Å². The van der Waals surface area contributed by atoms with Crippen LogP contribution in [0.2, 0.25) is 0 Å². The van der Waals surface area contributed by atoms with Crippen LogP contribution >= 0.6 is 0 Å². The highest BCUT2D eigenvalue weighted by molar-refractivity contribution is 7.89. The number of sulfonamides is 1. The summed E-state index contributed by atoms with van der Waals surface area (Å²) in [7, 11) is -3.73. The maximum absolute atomic E-state index is 12.6. The summed E-state index contributed by atoms with van der Waals surface area (Å²) in [6, 6.07) is 6.01. The third kappa shape index (κ3) is 5.13. The quantitative estimate of drug-likeness (QED) is 0.350. The fourth-order valence-electron chi connectivity index (χ4n) is 9.70. The summed E-state index contributed by atoms with van der Waals surface area (Å²) < 4.78 is 22.8. The van der Waals surface area contributed by atoms with Gasteiger partial charge in [0.1, 0.15) is 0 Å². The fourth-order valence-corrected chi connectivity index (χ4v) is 10.2. The normalized spacial score (nSPS) is 39.4. The molecule has 9 atom stereocenters. The summed E-state index contributed by atoms with van der Waals surface area (Å²) >= 11 is 0. The van der Waals surface area contributed by atoms with Gasteiger partial charge in [-0.3, -0.25) is 15.6 Å². The van der Waals surface area contributed by atoms with E-state index in [2.05, 4.69) is 31.6 Å². The molecule has 8 heteroatoms. The van der Waals surface area contributed by atoms with Crippen molar-refractivity contribution in [3.63, 3.8) is 0 Å². The number of carbonyl (C=O) groups is 1. The van der Waals surface area contributed by atoms with E-state index in [-0.39, 0.29) is 16.9 Å². The van der Waals surface area contributed by atoms with E-state index in [9.17, 15) is 18.3 Å². The molecule has 4 aliphatic carbocycles. The van der Waals surface area contributed by atoms with Gasteiger partial charge in [-0.1, -0.05) is 20.8 Å². The second kappa shape index (κ2) is 10.4. The zero-order valence-electron chi connectivity index (χ0n) is 23.3. The Balaban J connectivity index is 1.14. The number of aliphatic hydroxyl groups excluding tert-OH is 1. The van der Waals surface area contributed by atoms with E-state index in [0.717, 1.165) is 37.0 Å². The van der Waals surface area contributed by atoms with E-state index < -0.39 is 10.0 Å². The number of benzene rings is 1. The molecule has 1 aromatic rings. The van der Waals surface area contributed by atoms with E-state index in [1.54, 1.807) is 12.1 Å². The smallest absolute Gasteiger partial charge is 0.238 e. The molecule has 1 amide bonds. The van der Waals surface area contributed by atoms with Crippen molar-refractivity contribution in [3.8, 4) is 0 Å². The summed E-state index contributed by atoms with van der Waals surface area (Å²) in [6.45, 7) is 7.46. The van der Waals surface area contributed by atoms with Gasteiger partial charge in [0.2, 0.25) is 15.9 Å². The molecule has 4 fully saturated rings. The van der Waals surface area contributed by atoms with Crippen molar-refractivity contribution in [1.29, 1.82) is 0 Å². The molecule has 0 spiro atoms. The Morgan fingerprint density at radius 2 is 1.71 bits per heavy atom. The van der Waals surface area contributed by atoms with Crippen molar-refractivity contribution in [2.45, 2.75) is 102 Å². The van der Waals surface area contributed by atoms with E-state index >= 15 is 0 Å². The maximum Gasteiger partial charge on any atom is 0.238 e. The van der Waals surface area contributed by atoms with Gasteiger partial charge in [0.25, 0.3) is 0 Å². The molecule has 0 unspecified atom stereocenters. The van der Waals surface area contributed by atoms with Crippen molar-refractivity contribution in [2.24, 2.45) is 51.5 Å². The highest BCUT2D eigenvalue weighted by Crippen LogP contribution is 2.68. The molecule has 0 bridgehead atoms. The minimum atomic E-state index is -3.73. The van der Waals surface area contributed by atoms with Crippen molar-refractivity contribution >= 4 is 21.6 Å². The van der Waals surface area contributed by atoms with Crippen LogP contribution in [-0.2, 0) is 14.8 Å². The Kier molecular flexibility index (Phi) is 7.64. The minimum Gasteiger partial charge on any atom is -0.393 e. The van der Waals surface area contributed by atoms with Gasteiger partial charge in [-0.05, 0) is 135 Å². The Morgan fingerprint density at radius 3 is 2.42 bits per heavy atom. The average molecular weight is 546 g/mol. The largest absolute Gasteiger partial charge is 0.393 e. The monoisotopic (exact) mass is 545 g/mol. The Morgan fingerprint density at radius 1 is 1.03 bits per heavy atom. The van der Waals surface area contributed by atoms with Gasteiger partial charge >= 0.3 is 0 Å². The van der Waals surface area contributed by atoms with Gasteiger partial charge in [-0.2, -0.15) is 0 Å². The lowest BCUT2D eigenvalue weighted by Crippen LogP contribution is -2.54. The molecule has 0 aromatic heterocycles. The van der Waals surface area contributed by atoms with Crippen LogP contribution in [0.1, 0.15) is 91.4 Å². The minimum absolute atomic E-state index is 0.0419. The first kappa shape index (κ1) is 27.9. The highest BCUT2D eigenvalue weighted by Gasteiger charge is 2.60. The molecular weight excluding hydrogens is 498 g/mol. The predicted molar refractivity (Wildman–Crippen MR) is 149 cm³/mol. The first-order chi connectivity index (χ1) is 17.9. The van der Waals surface area contributed by atoms with E-state index in [4.69, 9.17) is 5.14 Å². The lowest BCUT2D eigenvalue weighted by atomic mass is 9.44. The standard InChI is InChI=1S/C30H47N3O4S/c1-19(4-13-28(35)33-32-21-6-8-23(9-7-21)38(31,36)37)25-11-12-26-24-10-5-20-18-22(34)14-16-29(20,2)27(24)15-17-30(25,26)3/h6-9,19-20,22,24-27,32,34H,4-5,10-18H2,1-3H3,(H,33,35)(H2,31,36,37)/t19-,20-,22-,24+,25-,26+,27+,29+,30-/m1/s1.